The van der Waals surface area contributed by atoms with E-state index in [2.05, 4.69) is 15.5 Å². The van der Waals surface area contributed by atoms with Crippen LogP contribution in [-0.4, -0.2) is 47.8 Å². The standard InChI is InChI=1S/C25H20ClN7O/c1-31(25(34)22-14-20(26)12-13-23(22)33-17-27-29-30-33)15-19-16-32(21-10-6-3-7-11-21)28-24(19)18-8-4-2-5-9-18/h2-14,16-17H,15H2,1H3. The van der Waals surface area contributed by atoms with E-state index < -0.39 is 0 Å². The number of aromatic nitrogens is 6. The zero-order valence-electron chi connectivity index (χ0n) is 18.3. The average molecular weight is 470 g/mol. The zero-order chi connectivity index (χ0) is 23.5. The van der Waals surface area contributed by atoms with Crippen LogP contribution in [0.1, 0.15) is 15.9 Å². The van der Waals surface area contributed by atoms with Crippen molar-refractivity contribution in [1.29, 1.82) is 0 Å². The monoisotopic (exact) mass is 469 g/mol. The fourth-order valence-corrected chi connectivity index (χ4v) is 3.93. The normalized spacial score (nSPS) is 10.9. The minimum Gasteiger partial charge on any atom is -0.337 e. The predicted octanol–water partition coefficient (Wildman–Crippen LogP) is 4.44. The van der Waals surface area contributed by atoms with Crippen molar-refractivity contribution in [2.24, 2.45) is 0 Å². The summed E-state index contributed by atoms with van der Waals surface area (Å²) in [6.45, 7) is 0.345. The van der Waals surface area contributed by atoms with Gasteiger partial charge in [0.15, 0.2) is 0 Å². The average Bonchev–Trinajstić information content (AvgIpc) is 3.55. The lowest BCUT2D eigenvalue weighted by Gasteiger charge is -2.19. The van der Waals surface area contributed by atoms with Gasteiger partial charge in [0.05, 0.1) is 22.6 Å². The van der Waals surface area contributed by atoms with Gasteiger partial charge in [-0.25, -0.2) is 4.68 Å². The largest absolute Gasteiger partial charge is 0.337 e. The fourth-order valence-electron chi connectivity index (χ4n) is 3.76. The highest BCUT2D eigenvalue weighted by Gasteiger charge is 2.21. The van der Waals surface area contributed by atoms with E-state index in [0.717, 1.165) is 22.5 Å². The second-order valence-corrected chi connectivity index (χ2v) is 8.16. The molecule has 0 unspecified atom stereocenters. The number of nitrogens with zero attached hydrogens (tertiary/aromatic N) is 7. The molecule has 0 bridgehead atoms. The summed E-state index contributed by atoms with van der Waals surface area (Å²) in [4.78, 5) is 15.1. The first-order chi connectivity index (χ1) is 16.6. The van der Waals surface area contributed by atoms with Crippen LogP contribution in [0.4, 0.5) is 0 Å². The van der Waals surface area contributed by atoms with Crippen molar-refractivity contribution in [2.75, 3.05) is 7.05 Å². The number of carbonyl (C=O) groups excluding carboxylic acids is 1. The Labute approximate surface area is 201 Å². The second kappa shape index (κ2) is 9.29. The molecule has 5 aromatic rings. The molecule has 9 heteroatoms. The van der Waals surface area contributed by atoms with Crippen molar-refractivity contribution in [3.05, 3.63) is 108 Å². The van der Waals surface area contributed by atoms with E-state index in [-0.39, 0.29) is 5.91 Å². The maximum atomic E-state index is 13.5. The first kappa shape index (κ1) is 21.5. The van der Waals surface area contributed by atoms with Gasteiger partial charge in [0.2, 0.25) is 0 Å². The van der Waals surface area contributed by atoms with Gasteiger partial charge < -0.3 is 4.90 Å². The van der Waals surface area contributed by atoms with Crippen LogP contribution in [0, 0.1) is 0 Å². The molecule has 0 saturated heterocycles. The van der Waals surface area contributed by atoms with Crippen LogP contribution < -0.4 is 0 Å². The second-order valence-electron chi connectivity index (χ2n) is 7.73. The van der Waals surface area contributed by atoms with Gasteiger partial charge in [-0.05, 0) is 40.8 Å². The molecule has 2 heterocycles. The van der Waals surface area contributed by atoms with Crippen molar-refractivity contribution < 1.29 is 4.79 Å². The molecule has 3 aromatic carbocycles. The third-order valence-electron chi connectivity index (χ3n) is 5.40. The highest BCUT2D eigenvalue weighted by molar-refractivity contribution is 6.31. The van der Waals surface area contributed by atoms with Crippen LogP contribution in [0.25, 0.3) is 22.6 Å². The van der Waals surface area contributed by atoms with Crippen LogP contribution in [0.3, 0.4) is 0 Å². The van der Waals surface area contributed by atoms with E-state index in [4.69, 9.17) is 16.7 Å². The van der Waals surface area contributed by atoms with Crippen LogP contribution in [0.5, 0.6) is 0 Å². The summed E-state index contributed by atoms with van der Waals surface area (Å²) in [5, 5.41) is 16.6. The molecule has 168 valence electrons. The summed E-state index contributed by atoms with van der Waals surface area (Å²) in [7, 11) is 1.75. The molecular weight excluding hydrogens is 450 g/mol. The quantitative estimate of drug-likeness (QED) is 0.367. The molecule has 5 rings (SSSR count). The zero-order valence-corrected chi connectivity index (χ0v) is 19.0. The van der Waals surface area contributed by atoms with Gasteiger partial charge in [0.1, 0.15) is 6.33 Å². The van der Waals surface area contributed by atoms with Crippen LogP contribution in [-0.2, 0) is 6.54 Å². The number of benzene rings is 3. The summed E-state index contributed by atoms with van der Waals surface area (Å²) in [6, 6.07) is 24.9. The number of para-hydroxylation sites is 1. The molecule has 1 amide bonds. The molecule has 0 radical (unpaired) electrons. The van der Waals surface area contributed by atoms with Crippen molar-refractivity contribution in [2.45, 2.75) is 6.54 Å². The predicted molar refractivity (Wildman–Crippen MR) is 129 cm³/mol. The molecule has 0 fully saturated rings. The Morgan fingerprint density at radius 3 is 2.41 bits per heavy atom. The Bertz CT molecular complexity index is 1420. The lowest BCUT2D eigenvalue weighted by molar-refractivity contribution is 0.0785. The van der Waals surface area contributed by atoms with Gasteiger partial charge in [-0.3, -0.25) is 4.79 Å². The number of rotatable bonds is 6. The van der Waals surface area contributed by atoms with Gasteiger partial charge in [-0.15, -0.1) is 5.10 Å². The van der Waals surface area contributed by atoms with E-state index in [1.54, 1.807) is 30.1 Å². The highest BCUT2D eigenvalue weighted by atomic mass is 35.5. The summed E-state index contributed by atoms with van der Waals surface area (Å²) in [5.74, 6) is -0.209. The highest BCUT2D eigenvalue weighted by Crippen LogP contribution is 2.26. The molecule has 0 spiro atoms. The molecule has 0 saturated carbocycles. The third kappa shape index (κ3) is 4.31. The number of hydrogen-bond acceptors (Lipinski definition) is 5. The number of hydrogen-bond donors (Lipinski definition) is 0. The van der Waals surface area contributed by atoms with E-state index in [0.29, 0.717) is 22.8 Å². The van der Waals surface area contributed by atoms with Crippen LogP contribution in [0.2, 0.25) is 5.02 Å². The van der Waals surface area contributed by atoms with E-state index >= 15 is 0 Å². The maximum Gasteiger partial charge on any atom is 0.256 e. The number of carbonyl (C=O) groups is 1. The summed E-state index contributed by atoms with van der Waals surface area (Å²) in [6.07, 6.45) is 3.40. The lowest BCUT2D eigenvalue weighted by Crippen LogP contribution is -2.27. The van der Waals surface area contributed by atoms with Gasteiger partial charge in [-0.1, -0.05) is 60.1 Å². The van der Waals surface area contributed by atoms with Crippen molar-refractivity contribution in [3.63, 3.8) is 0 Å². The molecular formula is C25H20ClN7O. The number of tetrazole rings is 1. The molecule has 8 nitrogen and oxygen atoms in total. The first-order valence-electron chi connectivity index (χ1n) is 10.6. The first-order valence-corrected chi connectivity index (χ1v) is 11.0. The van der Waals surface area contributed by atoms with Gasteiger partial charge >= 0.3 is 0 Å². The van der Waals surface area contributed by atoms with E-state index in [1.165, 1.54) is 11.0 Å². The molecule has 2 aromatic heterocycles. The topological polar surface area (TPSA) is 81.7 Å². The molecule has 0 aliphatic heterocycles. The summed E-state index contributed by atoms with van der Waals surface area (Å²) < 4.78 is 3.28. The lowest BCUT2D eigenvalue weighted by atomic mass is 10.1. The Morgan fingerprint density at radius 1 is 0.971 bits per heavy atom. The van der Waals surface area contributed by atoms with E-state index in [1.807, 2.05) is 71.5 Å². The van der Waals surface area contributed by atoms with Gasteiger partial charge in [-0.2, -0.15) is 9.78 Å². The molecule has 34 heavy (non-hydrogen) atoms. The van der Waals surface area contributed by atoms with E-state index in [9.17, 15) is 4.79 Å². The fraction of sp³-hybridized carbons (Fsp3) is 0.0800. The Kier molecular flexibility index (Phi) is 5.88. The van der Waals surface area contributed by atoms with Crippen LogP contribution in [0.15, 0.2) is 91.4 Å². The maximum absolute atomic E-state index is 13.5. The van der Waals surface area contributed by atoms with Gasteiger partial charge in [0, 0.05) is 35.9 Å². The summed E-state index contributed by atoms with van der Waals surface area (Å²) in [5.41, 5.74) is 4.60. The Hall–Kier alpha value is -4.30. The Morgan fingerprint density at radius 2 is 1.71 bits per heavy atom. The van der Waals surface area contributed by atoms with Crippen molar-refractivity contribution in [3.8, 4) is 22.6 Å². The van der Waals surface area contributed by atoms with Crippen molar-refractivity contribution in [1.82, 2.24) is 34.9 Å². The minimum atomic E-state index is -0.209. The van der Waals surface area contributed by atoms with Crippen LogP contribution >= 0.6 is 11.6 Å². The number of amides is 1. The smallest absolute Gasteiger partial charge is 0.256 e. The SMILES string of the molecule is CN(Cc1cn(-c2ccccc2)nc1-c1ccccc1)C(=O)c1cc(Cl)ccc1-n1cnnn1. The van der Waals surface area contributed by atoms with Crippen molar-refractivity contribution >= 4 is 17.5 Å². The molecule has 0 atom stereocenters. The Balaban J connectivity index is 1.51. The molecule has 0 aliphatic carbocycles. The minimum absolute atomic E-state index is 0.209. The summed E-state index contributed by atoms with van der Waals surface area (Å²) >= 11 is 6.22. The molecule has 0 aliphatic rings. The molecule has 0 N–H and O–H groups in total. The van der Waals surface area contributed by atoms with Gasteiger partial charge in [0.25, 0.3) is 5.91 Å². The number of halogens is 1. The third-order valence-corrected chi connectivity index (χ3v) is 5.63.